The smallest absolute Gasteiger partial charge is 0.257 e. The van der Waals surface area contributed by atoms with Gasteiger partial charge in [-0.15, -0.1) is 10.2 Å². The minimum Gasteiger partial charge on any atom is -0.438 e. The summed E-state index contributed by atoms with van der Waals surface area (Å²) in [6, 6.07) is 13.0. The van der Waals surface area contributed by atoms with Gasteiger partial charge in [0.25, 0.3) is 5.56 Å². The van der Waals surface area contributed by atoms with Crippen LogP contribution in [0.2, 0.25) is 0 Å². The summed E-state index contributed by atoms with van der Waals surface area (Å²) in [4.78, 5) is 17.2. The average Bonchev–Trinajstić information content (AvgIpc) is 2.92. The van der Waals surface area contributed by atoms with Crippen molar-refractivity contribution in [3.05, 3.63) is 76.1 Å². The highest BCUT2D eigenvalue weighted by Crippen LogP contribution is 2.17. The first-order valence-electron chi connectivity index (χ1n) is 8.63. The predicted octanol–water partition coefficient (Wildman–Crippen LogP) is 1.56. The lowest BCUT2D eigenvalue weighted by Gasteiger charge is -2.09. The summed E-state index contributed by atoms with van der Waals surface area (Å²) >= 11 is 0. The van der Waals surface area contributed by atoms with Crippen LogP contribution in [0.1, 0.15) is 17.0 Å². The van der Waals surface area contributed by atoms with Crippen molar-refractivity contribution < 1.29 is 4.74 Å². The molecule has 26 heavy (non-hydrogen) atoms. The molecule has 4 rings (SSSR count). The Kier molecular flexibility index (Phi) is 4.70. The van der Waals surface area contributed by atoms with E-state index in [1.54, 1.807) is 17.0 Å². The fraction of sp³-hybridized carbons (Fsp3) is 0.263. The van der Waals surface area contributed by atoms with Gasteiger partial charge in [0, 0.05) is 24.6 Å². The summed E-state index contributed by atoms with van der Waals surface area (Å²) in [6.07, 6.45) is 3.09. The molecule has 2 aromatic heterocycles. The molecule has 0 aliphatic carbocycles. The largest absolute Gasteiger partial charge is 0.438 e. The Morgan fingerprint density at radius 3 is 2.69 bits per heavy atom. The molecule has 0 fully saturated rings. The summed E-state index contributed by atoms with van der Waals surface area (Å²) < 4.78 is 7.22. The van der Waals surface area contributed by atoms with Gasteiger partial charge >= 0.3 is 0 Å². The minimum absolute atomic E-state index is 0.00473. The molecule has 0 saturated carbocycles. The van der Waals surface area contributed by atoms with E-state index in [-0.39, 0.29) is 5.56 Å². The van der Waals surface area contributed by atoms with Crippen molar-refractivity contribution in [3.8, 4) is 11.6 Å². The van der Waals surface area contributed by atoms with Gasteiger partial charge in [0.15, 0.2) is 0 Å². The van der Waals surface area contributed by atoms with Crippen molar-refractivity contribution in [1.82, 2.24) is 25.1 Å². The highest BCUT2D eigenvalue weighted by Gasteiger charge is 2.14. The van der Waals surface area contributed by atoms with Crippen molar-refractivity contribution in [2.24, 2.45) is 0 Å². The van der Waals surface area contributed by atoms with Crippen molar-refractivity contribution in [1.29, 1.82) is 0 Å². The molecule has 0 atom stereocenters. The summed E-state index contributed by atoms with van der Waals surface area (Å²) in [7, 11) is 0. The first-order chi connectivity index (χ1) is 12.8. The maximum atomic E-state index is 12.7. The molecule has 0 amide bonds. The topological polar surface area (TPSA) is 81.9 Å². The lowest BCUT2D eigenvalue weighted by Crippen LogP contribution is -2.27. The summed E-state index contributed by atoms with van der Waals surface area (Å²) in [5, 5.41) is 11.5. The van der Waals surface area contributed by atoms with Gasteiger partial charge in [-0.3, -0.25) is 9.36 Å². The van der Waals surface area contributed by atoms with Crippen LogP contribution in [0.15, 0.2) is 53.6 Å². The van der Waals surface area contributed by atoms with Crippen LogP contribution in [0, 0.1) is 0 Å². The van der Waals surface area contributed by atoms with E-state index in [9.17, 15) is 4.79 Å². The molecule has 1 aliphatic heterocycles. The Morgan fingerprint density at radius 2 is 1.88 bits per heavy atom. The molecule has 1 aromatic carbocycles. The van der Waals surface area contributed by atoms with Gasteiger partial charge in [-0.2, -0.15) is 0 Å². The van der Waals surface area contributed by atoms with E-state index in [0.29, 0.717) is 30.3 Å². The van der Waals surface area contributed by atoms with Crippen LogP contribution in [-0.2, 0) is 19.4 Å². The van der Waals surface area contributed by atoms with Crippen LogP contribution < -0.4 is 15.6 Å². The summed E-state index contributed by atoms with van der Waals surface area (Å²) in [5.41, 5.74) is 2.38. The van der Waals surface area contributed by atoms with E-state index < -0.39 is 0 Å². The van der Waals surface area contributed by atoms with Crippen molar-refractivity contribution in [2.45, 2.75) is 19.4 Å². The lowest BCUT2D eigenvalue weighted by atomic mass is 10.1. The number of ether oxygens (including phenoxy) is 1. The average molecular weight is 349 g/mol. The standard InChI is InChI=1S/C19H19N5O2/c25-19-16-8-10-20-11-9-17(16)21-13-24(19)12-14-6-7-18(23-22-14)26-15-4-2-1-3-5-15/h1-7,13,20H,8-12H2. The molecule has 0 bridgehead atoms. The van der Waals surface area contributed by atoms with E-state index in [2.05, 4.69) is 20.5 Å². The lowest BCUT2D eigenvalue weighted by molar-refractivity contribution is 0.453. The number of hydrogen-bond donors (Lipinski definition) is 1. The Morgan fingerprint density at radius 1 is 1.04 bits per heavy atom. The zero-order valence-corrected chi connectivity index (χ0v) is 14.3. The number of benzene rings is 1. The van der Waals surface area contributed by atoms with Gasteiger partial charge in [-0.1, -0.05) is 18.2 Å². The summed E-state index contributed by atoms with van der Waals surface area (Å²) in [5.74, 6) is 1.12. The second-order valence-corrected chi connectivity index (χ2v) is 6.13. The van der Waals surface area contributed by atoms with Gasteiger partial charge in [-0.05, 0) is 31.2 Å². The molecular weight excluding hydrogens is 330 g/mol. The molecule has 1 N–H and O–H groups in total. The first-order valence-corrected chi connectivity index (χ1v) is 8.63. The Balaban J connectivity index is 1.51. The molecule has 7 heteroatoms. The molecule has 0 spiro atoms. The second-order valence-electron chi connectivity index (χ2n) is 6.13. The third-order valence-corrected chi connectivity index (χ3v) is 4.30. The normalized spacial score (nSPS) is 13.7. The Bertz CT molecular complexity index is 938. The molecule has 132 valence electrons. The van der Waals surface area contributed by atoms with E-state index >= 15 is 0 Å². The molecule has 0 unspecified atom stereocenters. The van der Waals surface area contributed by atoms with E-state index in [1.807, 2.05) is 36.4 Å². The van der Waals surface area contributed by atoms with E-state index in [4.69, 9.17) is 4.74 Å². The van der Waals surface area contributed by atoms with Gasteiger partial charge in [0.2, 0.25) is 5.88 Å². The molecule has 3 aromatic rings. The van der Waals surface area contributed by atoms with Gasteiger partial charge in [0.1, 0.15) is 5.75 Å². The zero-order valence-electron chi connectivity index (χ0n) is 14.3. The van der Waals surface area contributed by atoms with Crippen LogP contribution in [0.4, 0.5) is 0 Å². The Labute approximate surface area is 150 Å². The highest BCUT2D eigenvalue weighted by molar-refractivity contribution is 5.26. The maximum Gasteiger partial charge on any atom is 0.257 e. The quantitative estimate of drug-likeness (QED) is 0.770. The van der Waals surface area contributed by atoms with Gasteiger partial charge in [0.05, 0.1) is 24.3 Å². The third-order valence-electron chi connectivity index (χ3n) is 4.30. The van der Waals surface area contributed by atoms with Crippen molar-refractivity contribution in [2.75, 3.05) is 13.1 Å². The van der Waals surface area contributed by atoms with Gasteiger partial charge < -0.3 is 10.1 Å². The number of fused-ring (bicyclic) bond motifs is 1. The first kappa shape index (κ1) is 16.4. The number of rotatable bonds is 4. The molecular formula is C19H19N5O2. The van der Waals surface area contributed by atoms with Crippen LogP contribution in [0.3, 0.4) is 0 Å². The number of para-hydroxylation sites is 1. The summed E-state index contributed by atoms with van der Waals surface area (Å²) in [6.45, 7) is 2.00. The van der Waals surface area contributed by atoms with Crippen LogP contribution in [0.5, 0.6) is 11.6 Å². The van der Waals surface area contributed by atoms with Gasteiger partial charge in [-0.25, -0.2) is 4.98 Å². The molecule has 3 heterocycles. The highest BCUT2D eigenvalue weighted by atomic mass is 16.5. The molecule has 1 aliphatic rings. The number of hydrogen-bond acceptors (Lipinski definition) is 6. The SMILES string of the molecule is O=c1c2c(ncn1Cc1ccc(Oc3ccccc3)nn1)CCNCC2. The van der Waals surface area contributed by atoms with Crippen LogP contribution in [-0.4, -0.2) is 32.8 Å². The maximum absolute atomic E-state index is 12.7. The van der Waals surface area contributed by atoms with Crippen molar-refractivity contribution >= 4 is 0 Å². The fourth-order valence-corrected chi connectivity index (χ4v) is 2.96. The van der Waals surface area contributed by atoms with Crippen LogP contribution in [0.25, 0.3) is 0 Å². The number of nitrogens with one attached hydrogen (secondary N) is 1. The Hall–Kier alpha value is -3.06. The number of aromatic nitrogens is 4. The van der Waals surface area contributed by atoms with Crippen molar-refractivity contribution in [3.63, 3.8) is 0 Å². The number of nitrogens with zero attached hydrogens (tertiary/aromatic N) is 4. The fourth-order valence-electron chi connectivity index (χ4n) is 2.96. The third kappa shape index (κ3) is 3.62. The van der Waals surface area contributed by atoms with E-state index in [1.165, 1.54) is 0 Å². The zero-order chi connectivity index (χ0) is 17.8. The second kappa shape index (κ2) is 7.45. The monoisotopic (exact) mass is 349 g/mol. The van der Waals surface area contributed by atoms with Crippen LogP contribution >= 0.6 is 0 Å². The molecule has 0 radical (unpaired) electrons. The van der Waals surface area contributed by atoms with E-state index in [0.717, 1.165) is 30.8 Å². The molecule has 7 nitrogen and oxygen atoms in total. The molecule has 0 saturated heterocycles. The predicted molar refractivity (Wildman–Crippen MR) is 96.4 cm³/mol. The minimum atomic E-state index is 0.00473.